The second-order valence-electron chi connectivity index (χ2n) is 8.11. The Morgan fingerprint density at radius 2 is 1.65 bits per heavy atom. The molecule has 6 heteroatoms. The van der Waals surface area contributed by atoms with E-state index in [1.807, 2.05) is 20.8 Å². The Kier molecular flexibility index (Phi) is 35.0. The second-order valence-corrected chi connectivity index (χ2v) is 8.11. The summed E-state index contributed by atoms with van der Waals surface area (Å²) in [7, 11) is 0. The fourth-order valence-corrected chi connectivity index (χ4v) is 2.08. The van der Waals surface area contributed by atoms with Gasteiger partial charge in [0.05, 0.1) is 13.0 Å². The van der Waals surface area contributed by atoms with Crippen LogP contribution in [0.3, 0.4) is 0 Å². The highest BCUT2D eigenvalue weighted by Crippen LogP contribution is 2.09. The SMILES string of the molecule is C=CC.CC.CC(C)(CO)OC(=O)CCN1CCNCC1.CC(C)CCCO.CCC. The molecular weight excluding hydrogens is 392 g/mol. The van der Waals surface area contributed by atoms with Crippen LogP contribution in [0.2, 0.25) is 0 Å². The second kappa shape index (κ2) is 29.1. The van der Waals surface area contributed by atoms with E-state index in [0.717, 1.165) is 51.5 Å². The lowest BCUT2D eigenvalue weighted by Crippen LogP contribution is -2.44. The molecule has 0 unspecified atom stereocenters. The lowest BCUT2D eigenvalue weighted by Gasteiger charge is -2.27. The zero-order valence-electron chi connectivity index (χ0n) is 22.3. The average molecular weight is 449 g/mol. The molecule has 3 N–H and O–H groups in total. The molecule has 0 spiro atoms. The third kappa shape index (κ3) is 36.7. The number of aliphatic hydroxyl groups is 2. The summed E-state index contributed by atoms with van der Waals surface area (Å²) in [4.78, 5) is 13.7. The Bertz CT molecular complexity index is 355. The Morgan fingerprint density at radius 3 is 1.97 bits per heavy atom. The maximum absolute atomic E-state index is 11.5. The molecule has 0 aromatic carbocycles. The first kappa shape index (κ1) is 37.4. The van der Waals surface area contributed by atoms with Gasteiger partial charge in [0.25, 0.3) is 0 Å². The minimum atomic E-state index is -0.763. The van der Waals surface area contributed by atoms with Gasteiger partial charge >= 0.3 is 5.97 Å². The number of hydrogen-bond donors (Lipinski definition) is 3. The van der Waals surface area contributed by atoms with Crippen molar-refractivity contribution in [3.05, 3.63) is 12.7 Å². The largest absolute Gasteiger partial charge is 0.457 e. The number of rotatable bonds is 8. The zero-order chi connectivity index (χ0) is 25.1. The Hall–Kier alpha value is -0.950. The van der Waals surface area contributed by atoms with E-state index < -0.39 is 5.60 Å². The molecule has 1 aliphatic rings. The van der Waals surface area contributed by atoms with Gasteiger partial charge in [0, 0.05) is 39.3 Å². The molecule has 190 valence electrons. The number of piperazine rings is 1. The quantitative estimate of drug-likeness (QED) is 0.370. The van der Waals surface area contributed by atoms with Crippen molar-refractivity contribution in [2.24, 2.45) is 5.92 Å². The average Bonchev–Trinajstić information content (AvgIpc) is 2.74. The number of nitrogens with one attached hydrogen (secondary N) is 1. The molecular formula is C25H56N2O4. The molecule has 1 rings (SSSR count). The van der Waals surface area contributed by atoms with E-state index >= 15 is 0 Å². The molecule has 0 aliphatic carbocycles. The van der Waals surface area contributed by atoms with E-state index in [0.29, 0.717) is 13.0 Å². The van der Waals surface area contributed by atoms with Gasteiger partial charge in [-0.15, -0.1) is 6.58 Å². The highest BCUT2D eigenvalue weighted by atomic mass is 16.6. The van der Waals surface area contributed by atoms with Gasteiger partial charge in [0.1, 0.15) is 5.60 Å². The van der Waals surface area contributed by atoms with Gasteiger partial charge in [-0.3, -0.25) is 4.79 Å². The zero-order valence-corrected chi connectivity index (χ0v) is 22.3. The topological polar surface area (TPSA) is 82.0 Å². The van der Waals surface area contributed by atoms with Crippen LogP contribution in [0.4, 0.5) is 0 Å². The van der Waals surface area contributed by atoms with Crippen LogP contribution < -0.4 is 5.32 Å². The predicted octanol–water partition coefficient (Wildman–Crippen LogP) is 4.65. The van der Waals surface area contributed by atoms with Gasteiger partial charge < -0.3 is 25.2 Å². The number of carbonyl (C=O) groups is 1. The van der Waals surface area contributed by atoms with Crippen LogP contribution in [-0.2, 0) is 9.53 Å². The summed E-state index contributed by atoms with van der Waals surface area (Å²) in [6, 6.07) is 0. The number of ether oxygens (including phenoxy) is 1. The van der Waals surface area contributed by atoms with Crippen LogP contribution in [0, 0.1) is 5.92 Å². The van der Waals surface area contributed by atoms with Crippen LogP contribution >= 0.6 is 0 Å². The summed E-state index contributed by atoms with van der Waals surface area (Å²) in [5.41, 5.74) is -0.763. The van der Waals surface area contributed by atoms with Crippen molar-refractivity contribution in [3.8, 4) is 0 Å². The fourth-order valence-electron chi connectivity index (χ4n) is 2.08. The molecule has 0 amide bonds. The van der Waals surface area contributed by atoms with Gasteiger partial charge in [0.2, 0.25) is 0 Å². The summed E-state index contributed by atoms with van der Waals surface area (Å²) < 4.78 is 5.15. The molecule has 1 heterocycles. The lowest BCUT2D eigenvalue weighted by molar-refractivity contribution is -0.160. The number of hydrogen-bond acceptors (Lipinski definition) is 6. The minimum Gasteiger partial charge on any atom is -0.457 e. The summed E-state index contributed by atoms with van der Waals surface area (Å²) in [5, 5.41) is 20.5. The lowest BCUT2D eigenvalue weighted by atomic mass is 10.1. The molecule has 0 aromatic heterocycles. The molecule has 31 heavy (non-hydrogen) atoms. The maximum Gasteiger partial charge on any atom is 0.307 e. The predicted molar refractivity (Wildman–Crippen MR) is 136 cm³/mol. The van der Waals surface area contributed by atoms with Crippen molar-refractivity contribution in [1.82, 2.24) is 10.2 Å². The number of carbonyl (C=O) groups excluding carboxylic acids is 1. The summed E-state index contributed by atoms with van der Waals surface area (Å²) in [5.74, 6) is 0.504. The van der Waals surface area contributed by atoms with Gasteiger partial charge in [-0.05, 0) is 39.5 Å². The Labute approximate surface area is 194 Å². The summed E-state index contributed by atoms with van der Waals surface area (Å²) in [6.45, 7) is 26.1. The monoisotopic (exact) mass is 448 g/mol. The van der Waals surface area contributed by atoms with E-state index in [1.54, 1.807) is 19.9 Å². The highest BCUT2D eigenvalue weighted by molar-refractivity contribution is 5.70. The van der Waals surface area contributed by atoms with Crippen LogP contribution in [0.5, 0.6) is 0 Å². The van der Waals surface area contributed by atoms with Crippen molar-refractivity contribution in [3.63, 3.8) is 0 Å². The van der Waals surface area contributed by atoms with E-state index in [2.05, 4.69) is 44.5 Å². The van der Waals surface area contributed by atoms with Crippen molar-refractivity contribution in [2.45, 2.75) is 93.6 Å². The van der Waals surface area contributed by atoms with E-state index in [-0.39, 0.29) is 12.6 Å². The van der Waals surface area contributed by atoms with Gasteiger partial charge in [0.15, 0.2) is 0 Å². The van der Waals surface area contributed by atoms with E-state index in [4.69, 9.17) is 14.9 Å². The molecule has 0 radical (unpaired) electrons. The van der Waals surface area contributed by atoms with Crippen molar-refractivity contribution in [2.75, 3.05) is 45.9 Å². The van der Waals surface area contributed by atoms with Gasteiger partial charge in [-0.1, -0.05) is 54.0 Å². The summed E-state index contributed by atoms with van der Waals surface area (Å²) >= 11 is 0. The van der Waals surface area contributed by atoms with Crippen molar-refractivity contribution in [1.29, 1.82) is 0 Å². The molecule has 6 nitrogen and oxygen atoms in total. The number of allylic oxidation sites excluding steroid dienone is 1. The first-order valence-corrected chi connectivity index (χ1v) is 12.1. The highest BCUT2D eigenvalue weighted by Gasteiger charge is 2.22. The molecule has 0 atom stereocenters. The van der Waals surface area contributed by atoms with Crippen LogP contribution in [0.25, 0.3) is 0 Å². The maximum atomic E-state index is 11.5. The number of aliphatic hydroxyl groups excluding tert-OH is 2. The van der Waals surface area contributed by atoms with Gasteiger partial charge in [-0.2, -0.15) is 0 Å². The molecule has 1 saturated heterocycles. The van der Waals surface area contributed by atoms with E-state index in [1.165, 1.54) is 6.42 Å². The minimum absolute atomic E-state index is 0.146. The first-order chi connectivity index (χ1) is 14.6. The van der Waals surface area contributed by atoms with Crippen LogP contribution in [0.15, 0.2) is 12.7 Å². The van der Waals surface area contributed by atoms with Gasteiger partial charge in [-0.25, -0.2) is 0 Å². The molecule has 1 fully saturated rings. The third-order valence-corrected chi connectivity index (χ3v) is 3.55. The normalized spacial score (nSPS) is 13.0. The van der Waals surface area contributed by atoms with Crippen LogP contribution in [-0.4, -0.2) is 72.6 Å². The number of nitrogens with zero attached hydrogens (tertiary/aromatic N) is 1. The van der Waals surface area contributed by atoms with E-state index in [9.17, 15) is 4.79 Å². The van der Waals surface area contributed by atoms with Crippen molar-refractivity contribution < 1.29 is 19.7 Å². The first-order valence-electron chi connectivity index (χ1n) is 12.1. The Balaban J connectivity index is -0.000000202. The third-order valence-electron chi connectivity index (χ3n) is 3.55. The number of esters is 1. The molecule has 0 aromatic rings. The van der Waals surface area contributed by atoms with Crippen molar-refractivity contribution >= 4 is 5.97 Å². The molecule has 0 saturated carbocycles. The Morgan fingerprint density at radius 1 is 1.19 bits per heavy atom. The fraction of sp³-hybridized carbons (Fsp3) is 0.880. The standard InChI is InChI=1S/C11H22N2O3.C6H14O.C3H8.C3H6.C2H6/c1-11(2,9-14)16-10(15)3-6-13-7-4-12-5-8-13;1-6(2)4-3-5-7;2*1-3-2;1-2/h12,14H,3-9H2,1-2H3;6-7H,3-5H2,1-2H3;3H2,1-2H3;3H,1H2,2H3;1-2H3. The summed E-state index contributed by atoms with van der Waals surface area (Å²) in [6.07, 6.45) is 5.50. The smallest absolute Gasteiger partial charge is 0.307 e. The molecule has 0 bridgehead atoms. The molecule has 1 aliphatic heterocycles. The van der Waals surface area contributed by atoms with Crippen LogP contribution in [0.1, 0.15) is 88.0 Å².